The van der Waals surface area contributed by atoms with Crippen LogP contribution in [0, 0.1) is 5.82 Å². The summed E-state index contributed by atoms with van der Waals surface area (Å²) in [5, 5.41) is 15.6. The van der Waals surface area contributed by atoms with E-state index in [4.69, 9.17) is 5.73 Å². The third-order valence-corrected chi connectivity index (χ3v) is 5.46. The van der Waals surface area contributed by atoms with Crippen molar-refractivity contribution < 1.29 is 14.0 Å². The van der Waals surface area contributed by atoms with Gasteiger partial charge in [0.05, 0.1) is 5.69 Å². The van der Waals surface area contributed by atoms with E-state index in [9.17, 15) is 14.0 Å². The van der Waals surface area contributed by atoms with Gasteiger partial charge in [-0.3, -0.25) is 19.7 Å². The third kappa shape index (κ3) is 3.94. The fourth-order valence-electron chi connectivity index (χ4n) is 3.55. The normalized spacial score (nSPS) is 17.8. The number of anilines is 2. The van der Waals surface area contributed by atoms with E-state index in [1.54, 1.807) is 12.1 Å². The lowest BCUT2D eigenvalue weighted by atomic mass is 10.1. The summed E-state index contributed by atoms with van der Waals surface area (Å²) in [6, 6.07) is 11.8. The fourth-order valence-corrected chi connectivity index (χ4v) is 3.55. The summed E-state index contributed by atoms with van der Waals surface area (Å²) >= 11 is 0. The highest BCUT2D eigenvalue weighted by Gasteiger charge is 2.35. The van der Waals surface area contributed by atoms with E-state index >= 15 is 0 Å². The van der Waals surface area contributed by atoms with Crippen LogP contribution in [0.3, 0.4) is 0 Å². The molecule has 10 heteroatoms. The van der Waals surface area contributed by atoms with E-state index in [0.29, 0.717) is 23.1 Å². The number of benzene rings is 2. The molecule has 1 aliphatic heterocycles. The van der Waals surface area contributed by atoms with Crippen LogP contribution in [0.15, 0.2) is 53.6 Å². The van der Waals surface area contributed by atoms with E-state index in [1.807, 2.05) is 12.1 Å². The number of rotatable bonds is 6. The lowest BCUT2D eigenvalue weighted by Gasteiger charge is -2.20. The summed E-state index contributed by atoms with van der Waals surface area (Å²) in [4.78, 5) is 29.1. The molecular weight excluding hydrogens is 413 g/mol. The van der Waals surface area contributed by atoms with Crippen molar-refractivity contribution in [2.45, 2.75) is 31.2 Å². The molecule has 32 heavy (non-hydrogen) atoms. The van der Waals surface area contributed by atoms with Crippen LogP contribution in [0.5, 0.6) is 0 Å². The third-order valence-electron chi connectivity index (χ3n) is 5.46. The number of nitrogens with two attached hydrogens (primary N) is 1. The molecule has 3 aromatic rings. The van der Waals surface area contributed by atoms with E-state index in [1.165, 1.54) is 29.3 Å². The Hall–Kier alpha value is -4.08. The van der Waals surface area contributed by atoms with Crippen LogP contribution in [-0.4, -0.2) is 38.7 Å². The smallest absolute Gasteiger partial charge is 0.271 e. The lowest BCUT2D eigenvalue weighted by Crippen LogP contribution is -2.39. The minimum Gasteiger partial charge on any atom is -0.368 e. The van der Waals surface area contributed by atoms with Crippen molar-refractivity contribution in [1.82, 2.24) is 15.2 Å². The van der Waals surface area contributed by atoms with Crippen LogP contribution in [-0.2, 0) is 9.59 Å². The van der Waals surface area contributed by atoms with Gasteiger partial charge in [0.15, 0.2) is 5.82 Å². The van der Waals surface area contributed by atoms with Crippen LogP contribution < -0.4 is 16.1 Å². The maximum Gasteiger partial charge on any atom is 0.271 e. The molecule has 2 amide bonds. The number of carbonyl (C=O) groups excluding carboxylic acids is 2. The number of halogens is 1. The number of H-pyrrole nitrogens is 1. The predicted molar refractivity (Wildman–Crippen MR) is 116 cm³/mol. The van der Waals surface area contributed by atoms with E-state index in [-0.39, 0.29) is 12.1 Å². The number of aromatic nitrogens is 3. The summed E-state index contributed by atoms with van der Waals surface area (Å²) < 4.78 is 13.2. The van der Waals surface area contributed by atoms with Gasteiger partial charge in [-0.1, -0.05) is 0 Å². The Kier molecular flexibility index (Phi) is 4.89. The molecule has 2 aromatic carbocycles. The Labute approximate surface area is 182 Å². The second-order valence-corrected chi connectivity index (χ2v) is 7.84. The maximum atomic E-state index is 13.2. The average molecular weight is 433 g/mol. The van der Waals surface area contributed by atoms with Crippen molar-refractivity contribution in [1.29, 1.82) is 0 Å². The monoisotopic (exact) mass is 433 g/mol. The average Bonchev–Trinajstić information content (AvgIpc) is 3.34. The van der Waals surface area contributed by atoms with Crippen LogP contribution >= 0.6 is 0 Å². The van der Waals surface area contributed by atoms with Gasteiger partial charge in [-0.15, -0.1) is 0 Å². The van der Waals surface area contributed by atoms with Crippen molar-refractivity contribution in [3.63, 3.8) is 0 Å². The molecule has 2 aliphatic rings. The molecule has 1 atom stereocenters. The first-order valence-corrected chi connectivity index (χ1v) is 10.2. The Morgan fingerprint density at radius 3 is 2.47 bits per heavy atom. The first-order chi connectivity index (χ1) is 15.5. The van der Waals surface area contributed by atoms with Crippen LogP contribution in [0.1, 0.15) is 31.0 Å². The molecule has 1 fully saturated rings. The second-order valence-electron chi connectivity index (χ2n) is 7.84. The number of nitrogens with one attached hydrogen (secondary N) is 2. The van der Waals surface area contributed by atoms with Gasteiger partial charge < -0.3 is 11.1 Å². The number of hydrogen-bond donors (Lipinski definition) is 3. The molecule has 0 radical (unpaired) electrons. The Morgan fingerprint density at radius 2 is 1.81 bits per heavy atom. The number of aromatic amines is 1. The van der Waals surface area contributed by atoms with Crippen molar-refractivity contribution in [3.05, 3.63) is 60.2 Å². The number of nitrogens with zero attached hydrogens (tertiary/aromatic N) is 4. The first kappa shape index (κ1) is 19.9. The standard InChI is InChI=1S/C22H20FN7O2/c23-14-5-9-16(10-6-14)30-18(19(24)31)11-17(29-30)22(32)25-15-7-3-13(4-8-15)21-26-20(27-28-21)12-1-2-12/h3-10,12,18H,1-2,11H2,(H2,24,31)(H,25,32)(H,26,27,28). The second kappa shape index (κ2) is 7.88. The van der Waals surface area contributed by atoms with Gasteiger partial charge in [0.2, 0.25) is 5.91 Å². The topological polar surface area (TPSA) is 129 Å². The predicted octanol–water partition coefficient (Wildman–Crippen LogP) is 2.55. The van der Waals surface area contributed by atoms with Gasteiger partial charge >= 0.3 is 0 Å². The SMILES string of the molecule is NC(=O)C1CC(C(=O)Nc2ccc(-c3n[nH]c(C4CC4)n3)cc2)=NN1c1ccc(F)cc1. The summed E-state index contributed by atoms with van der Waals surface area (Å²) in [5.74, 6) is 0.531. The summed E-state index contributed by atoms with van der Waals surface area (Å²) in [6.45, 7) is 0. The van der Waals surface area contributed by atoms with Crippen LogP contribution in [0.25, 0.3) is 11.4 Å². The van der Waals surface area contributed by atoms with E-state index in [2.05, 4.69) is 25.6 Å². The first-order valence-electron chi connectivity index (χ1n) is 10.2. The zero-order chi connectivity index (χ0) is 22.2. The summed E-state index contributed by atoms with van der Waals surface area (Å²) in [5.41, 5.74) is 7.52. The van der Waals surface area contributed by atoms with Crippen molar-refractivity contribution in [2.75, 3.05) is 10.3 Å². The van der Waals surface area contributed by atoms with E-state index < -0.39 is 23.7 Å². The minimum absolute atomic E-state index is 0.0533. The minimum atomic E-state index is -0.824. The van der Waals surface area contributed by atoms with Gasteiger partial charge in [-0.05, 0) is 61.4 Å². The van der Waals surface area contributed by atoms with E-state index in [0.717, 1.165) is 24.2 Å². The fraction of sp³-hybridized carbons (Fsp3) is 0.227. The Balaban J connectivity index is 1.29. The van der Waals surface area contributed by atoms with Gasteiger partial charge in [0, 0.05) is 23.6 Å². The highest BCUT2D eigenvalue weighted by atomic mass is 19.1. The van der Waals surface area contributed by atoms with Gasteiger partial charge in [0.25, 0.3) is 5.91 Å². The molecule has 9 nitrogen and oxygen atoms in total. The van der Waals surface area contributed by atoms with Crippen LogP contribution in [0.4, 0.5) is 15.8 Å². The molecule has 162 valence electrons. The number of hydrogen-bond acceptors (Lipinski definition) is 6. The largest absolute Gasteiger partial charge is 0.368 e. The number of hydrazone groups is 1. The summed E-state index contributed by atoms with van der Waals surface area (Å²) in [6.07, 6.45) is 2.33. The molecule has 0 spiro atoms. The molecule has 5 rings (SSSR count). The molecule has 1 aromatic heterocycles. The molecule has 0 saturated heterocycles. The van der Waals surface area contributed by atoms with Crippen molar-refractivity contribution >= 4 is 28.9 Å². The molecule has 0 bridgehead atoms. The highest BCUT2D eigenvalue weighted by Crippen LogP contribution is 2.38. The zero-order valence-electron chi connectivity index (χ0n) is 17.0. The van der Waals surface area contributed by atoms with Crippen molar-refractivity contribution in [2.24, 2.45) is 10.8 Å². The quantitative estimate of drug-likeness (QED) is 0.550. The Morgan fingerprint density at radius 1 is 1.09 bits per heavy atom. The molecular formula is C22H20FN7O2. The molecule has 1 unspecified atom stereocenters. The number of primary amides is 1. The molecule has 1 saturated carbocycles. The number of carbonyl (C=O) groups is 2. The molecule has 1 aliphatic carbocycles. The van der Waals surface area contributed by atoms with Gasteiger partial charge in [0.1, 0.15) is 23.4 Å². The Bertz CT molecular complexity index is 1200. The molecule has 2 heterocycles. The van der Waals surface area contributed by atoms with Gasteiger partial charge in [-0.25, -0.2) is 9.37 Å². The van der Waals surface area contributed by atoms with Crippen LogP contribution in [0.2, 0.25) is 0 Å². The maximum absolute atomic E-state index is 13.2. The van der Waals surface area contributed by atoms with Gasteiger partial charge in [-0.2, -0.15) is 10.2 Å². The highest BCUT2D eigenvalue weighted by molar-refractivity contribution is 6.44. The summed E-state index contributed by atoms with van der Waals surface area (Å²) in [7, 11) is 0. The van der Waals surface area contributed by atoms with Crippen molar-refractivity contribution in [3.8, 4) is 11.4 Å². The molecule has 4 N–H and O–H groups in total. The lowest BCUT2D eigenvalue weighted by molar-refractivity contribution is -0.119. The zero-order valence-corrected chi connectivity index (χ0v) is 17.0. The number of amides is 2.